The van der Waals surface area contributed by atoms with Crippen LogP contribution in [-0.4, -0.2) is 19.1 Å². The van der Waals surface area contributed by atoms with Gasteiger partial charge in [0, 0.05) is 22.9 Å². The Morgan fingerprint density at radius 3 is 2.58 bits per heavy atom. The number of hydrogen-bond acceptors (Lipinski definition) is 4. The maximum atomic E-state index is 12.3. The Hall–Kier alpha value is -2.45. The van der Waals surface area contributed by atoms with Gasteiger partial charge in [-0.25, -0.2) is 0 Å². The van der Waals surface area contributed by atoms with Crippen molar-refractivity contribution in [2.75, 3.05) is 23.8 Å². The molecule has 0 aliphatic rings. The predicted molar refractivity (Wildman–Crippen MR) is 134 cm³/mol. The van der Waals surface area contributed by atoms with Crippen LogP contribution >= 0.6 is 34.2 Å². The maximum Gasteiger partial charge on any atom is 0.262 e. The van der Waals surface area contributed by atoms with Crippen molar-refractivity contribution in [2.24, 2.45) is 0 Å². The molecular weight excluding hydrogens is 527 g/mol. The van der Waals surface area contributed by atoms with Gasteiger partial charge in [-0.15, -0.1) is 0 Å². The summed E-state index contributed by atoms with van der Waals surface area (Å²) in [5, 5.41) is 6.96. The van der Waals surface area contributed by atoms with E-state index >= 15 is 0 Å². The largest absolute Gasteiger partial charge is 0.490 e. The molecule has 5 nitrogen and oxygen atoms in total. The van der Waals surface area contributed by atoms with Crippen LogP contribution in [0.3, 0.4) is 0 Å². The Morgan fingerprint density at radius 1 is 1.06 bits per heavy atom. The predicted octanol–water partition coefficient (Wildman–Crippen LogP) is 6.28. The average Bonchev–Trinajstić information content (AvgIpc) is 2.75. The van der Waals surface area contributed by atoms with E-state index in [0.717, 1.165) is 31.1 Å². The number of hydrogen-bond donors (Lipinski definition) is 2. The van der Waals surface area contributed by atoms with Gasteiger partial charge in [-0.2, -0.15) is 0 Å². The lowest BCUT2D eigenvalue weighted by molar-refractivity contribution is -0.118. The van der Waals surface area contributed by atoms with E-state index in [0.29, 0.717) is 24.7 Å². The Balaban J connectivity index is 1.69. The number of benzene rings is 3. The van der Waals surface area contributed by atoms with E-state index in [1.54, 1.807) is 0 Å². The molecule has 0 saturated carbocycles. The number of rotatable bonds is 9. The van der Waals surface area contributed by atoms with E-state index in [-0.39, 0.29) is 12.5 Å². The third kappa shape index (κ3) is 6.51. The third-order valence-corrected chi connectivity index (χ3v) is 5.74. The quantitative estimate of drug-likeness (QED) is 0.308. The number of amides is 1. The van der Waals surface area contributed by atoms with Crippen LogP contribution in [0.5, 0.6) is 11.5 Å². The van der Waals surface area contributed by atoms with Gasteiger partial charge < -0.3 is 20.1 Å². The summed E-state index contributed by atoms with van der Waals surface area (Å²) in [4.78, 5) is 12.3. The van der Waals surface area contributed by atoms with Crippen LogP contribution in [0.4, 0.5) is 11.4 Å². The van der Waals surface area contributed by atoms with Gasteiger partial charge in [-0.05, 0) is 84.0 Å². The van der Waals surface area contributed by atoms with E-state index in [1.165, 1.54) is 0 Å². The zero-order valence-electron chi connectivity index (χ0n) is 17.4. The molecule has 0 aliphatic carbocycles. The summed E-state index contributed by atoms with van der Waals surface area (Å²) in [6.07, 6.45) is 0. The summed E-state index contributed by atoms with van der Waals surface area (Å²) >= 11 is 8.41. The van der Waals surface area contributed by atoms with Crippen molar-refractivity contribution in [1.29, 1.82) is 0 Å². The van der Waals surface area contributed by atoms with Gasteiger partial charge in [0.1, 0.15) is 0 Å². The van der Waals surface area contributed by atoms with Crippen molar-refractivity contribution in [3.05, 3.63) is 80.4 Å². The van der Waals surface area contributed by atoms with Gasteiger partial charge in [0.15, 0.2) is 18.1 Å². The van der Waals surface area contributed by atoms with Crippen LogP contribution in [0.25, 0.3) is 0 Å². The van der Waals surface area contributed by atoms with E-state index in [2.05, 4.69) is 33.2 Å². The summed E-state index contributed by atoms with van der Waals surface area (Å²) < 4.78 is 12.5. The first kappa shape index (κ1) is 23.2. The van der Waals surface area contributed by atoms with Crippen LogP contribution in [0, 0.1) is 10.5 Å². The molecule has 0 unspecified atom stereocenters. The van der Waals surface area contributed by atoms with Crippen LogP contribution in [-0.2, 0) is 11.3 Å². The molecule has 0 fully saturated rings. The highest BCUT2D eigenvalue weighted by molar-refractivity contribution is 14.1. The van der Waals surface area contributed by atoms with E-state index in [1.807, 2.05) is 74.5 Å². The third-order valence-electron chi connectivity index (χ3n) is 4.52. The highest BCUT2D eigenvalue weighted by Gasteiger charge is 2.14. The molecular formula is C24H24ClIN2O3. The van der Waals surface area contributed by atoms with Crippen LogP contribution in [0.1, 0.15) is 18.1 Å². The van der Waals surface area contributed by atoms with Crippen molar-refractivity contribution in [3.8, 4) is 11.5 Å². The highest BCUT2D eigenvalue weighted by Crippen LogP contribution is 2.35. The Bertz CT molecular complexity index is 1040. The standard InChI is InChI=1S/C24H24ClIN2O3/c1-3-30-22-13-17(14-27-21-11-7-10-19(25)16(21)2)12-20(26)24(22)31-15-23(29)28-18-8-5-4-6-9-18/h4-13,27H,3,14-15H2,1-2H3,(H,28,29). The molecule has 0 heterocycles. The fourth-order valence-electron chi connectivity index (χ4n) is 2.98. The summed E-state index contributed by atoms with van der Waals surface area (Å²) in [5.41, 5.74) is 3.76. The number of anilines is 2. The lowest BCUT2D eigenvalue weighted by Crippen LogP contribution is -2.20. The summed E-state index contributed by atoms with van der Waals surface area (Å²) in [6, 6.07) is 19.0. The van der Waals surface area contributed by atoms with Gasteiger partial charge >= 0.3 is 0 Å². The van der Waals surface area contributed by atoms with Gasteiger partial charge in [-0.3, -0.25) is 4.79 Å². The molecule has 2 N–H and O–H groups in total. The molecule has 0 spiro atoms. The molecule has 0 saturated heterocycles. The molecule has 0 aliphatic heterocycles. The van der Waals surface area contributed by atoms with Crippen LogP contribution in [0.2, 0.25) is 5.02 Å². The number of para-hydroxylation sites is 1. The van der Waals surface area contributed by atoms with Crippen molar-refractivity contribution >= 4 is 51.5 Å². The van der Waals surface area contributed by atoms with Crippen LogP contribution < -0.4 is 20.1 Å². The second kappa shape index (κ2) is 11.2. The fourth-order valence-corrected chi connectivity index (χ4v) is 3.98. The lowest BCUT2D eigenvalue weighted by atomic mass is 10.1. The van der Waals surface area contributed by atoms with Crippen molar-refractivity contribution in [3.63, 3.8) is 0 Å². The zero-order chi connectivity index (χ0) is 22.2. The minimum atomic E-state index is -0.230. The van der Waals surface area contributed by atoms with Crippen molar-refractivity contribution in [1.82, 2.24) is 0 Å². The second-order valence-corrected chi connectivity index (χ2v) is 8.38. The highest BCUT2D eigenvalue weighted by atomic mass is 127. The molecule has 3 rings (SSSR count). The molecule has 3 aromatic carbocycles. The molecule has 0 aromatic heterocycles. The number of halogens is 2. The molecule has 31 heavy (non-hydrogen) atoms. The first-order valence-corrected chi connectivity index (χ1v) is 11.4. The monoisotopic (exact) mass is 550 g/mol. The minimum absolute atomic E-state index is 0.107. The fraction of sp³-hybridized carbons (Fsp3) is 0.208. The van der Waals surface area contributed by atoms with Gasteiger partial charge in [0.05, 0.1) is 10.2 Å². The molecule has 3 aromatic rings. The summed E-state index contributed by atoms with van der Waals surface area (Å²) in [7, 11) is 0. The molecule has 0 atom stereocenters. The molecule has 0 bridgehead atoms. The Morgan fingerprint density at radius 2 is 1.84 bits per heavy atom. The molecule has 1 amide bonds. The number of carbonyl (C=O) groups is 1. The van der Waals surface area contributed by atoms with E-state index < -0.39 is 0 Å². The van der Waals surface area contributed by atoms with Crippen molar-refractivity contribution in [2.45, 2.75) is 20.4 Å². The average molecular weight is 551 g/mol. The zero-order valence-corrected chi connectivity index (χ0v) is 20.3. The minimum Gasteiger partial charge on any atom is -0.490 e. The van der Waals surface area contributed by atoms with E-state index in [9.17, 15) is 4.79 Å². The Kier molecular flexibility index (Phi) is 8.43. The topological polar surface area (TPSA) is 59.6 Å². The van der Waals surface area contributed by atoms with E-state index in [4.69, 9.17) is 21.1 Å². The SMILES string of the molecule is CCOc1cc(CNc2cccc(Cl)c2C)cc(I)c1OCC(=O)Nc1ccccc1. The Labute approximate surface area is 201 Å². The number of ether oxygens (including phenoxy) is 2. The van der Waals surface area contributed by atoms with Gasteiger partial charge in [-0.1, -0.05) is 35.9 Å². The van der Waals surface area contributed by atoms with Gasteiger partial charge in [0.2, 0.25) is 0 Å². The lowest BCUT2D eigenvalue weighted by Gasteiger charge is -2.16. The van der Waals surface area contributed by atoms with Crippen LogP contribution in [0.15, 0.2) is 60.7 Å². The number of carbonyl (C=O) groups excluding carboxylic acids is 1. The summed E-state index contributed by atoms with van der Waals surface area (Å²) in [5.74, 6) is 0.946. The van der Waals surface area contributed by atoms with Crippen molar-refractivity contribution < 1.29 is 14.3 Å². The summed E-state index contributed by atoms with van der Waals surface area (Å²) in [6.45, 7) is 4.89. The second-order valence-electron chi connectivity index (χ2n) is 6.81. The molecule has 7 heteroatoms. The first-order chi connectivity index (χ1) is 15.0. The smallest absolute Gasteiger partial charge is 0.262 e. The molecule has 162 valence electrons. The molecule has 0 radical (unpaired) electrons. The maximum absolute atomic E-state index is 12.3. The first-order valence-electron chi connectivity index (χ1n) is 9.89. The van der Waals surface area contributed by atoms with Gasteiger partial charge in [0.25, 0.3) is 5.91 Å². The number of nitrogens with one attached hydrogen (secondary N) is 2. The normalized spacial score (nSPS) is 10.5.